The molecule has 0 aliphatic rings. The molecule has 85 heavy (non-hydrogen) atoms. The summed E-state index contributed by atoms with van der Waals surface area (Å²) in [4.78, 5) is 68.9. The van der Waals surface area contributed by atoms with Crippen LogP contribution in [0.2, 0.25) is 0 Å². The normalized spacial score (nSPS) is 14.0. The number of unbranched alkanes of at least 4 members (excludes halogenated alkanes) is 3. The Morgan fingerprint density at radius 1 is 0.600 bits per heavy atom. The predicted molar refractivity (Wildman–Crippen MR) is 367 cm³/mol. The van der Waals surface area contributed by atoms with Crippen LogP contribution in [-0.2, 0) is 47.7 Å². The minimum Gasteiger partial charge on any atom is -0.469 e. The van der Waals surface area contributed by atoms with Crippen LogP contribution in [0.25, 0.3) is 0 Å². The molecule has 15 nitrogen and oxygen atoms in total. The molecule has 0 radical (unpaired) electrons. The number of quaternary nitrogens is 2. The first kappa shape index (κ1) is 101. The van der Waals surface area contributed by atoms with Crippen molar-refractivity contribution in [2.45, 2.75) is 244 Å². The average molecular weight is 1230 g/mol. The summed E-state index contributed by atoms with van der Waals surface area (Å²) < 4.78 is 21.3. The van der Waals surface area contributed by atoms with Crippen LogP contribution in [0.3, 0.4) is 0 Å². The zero-order valence-corrected chi connectivity index (χ0v) is 60.9. The number of carbonyl (C=O) groups is 6. The number of likely N-dealkylation sites (N-methyl/N-ethyl adjacent to an activating group) is 1. The van der Waals surface area contributed by atoms with Crippen molar-refractivity contribution >= 4 is 37.3 Å². The van der Waals surface area contributed by atoms with Crippen LogP contribution >= 0.6 is 0 Å². The van der Waals surface area contributed by atoms with Gasteiger partial charge in [0.2, 0.25) is 12.3 Å². The van der Waals surface area contributed by atoms with Gasteiger partial charge in [-0.1, -0.05) is 185 Å². The Bertz CT molecular complexity index is 1600. The molecule has 0 aromatic rings. The summed E-state index contributed by atoms with van der Waals surface area (Å²) >= 11 is 0. The van der Waals surface area contributed by atoms with E-state index in [1.54, 1.807) is 28.4 Å². The molecular formula is C70H153N5O10+2. The van der Waals surface area contributed by atoms with Crippen molar-refractivity contribution in [2.75, 3.05) is 123 Å². The van der Waals surface area contributed by atoms with Crippen molar-refractivity contribution in [3.05, 3.63) is 0 Å². The molecule has 516 valence electrons. The Balaban J connectivity index is -0.000000185. The molecule has 0 fully saturated rings. The smallest absolute Gasteiger partial charge is 0.312 e. The van der Waals surface area contributed by atoms with Gasteiger partial charge in [0, 0.05) is 73.8 Å². The molecule has 0 heterocycles. The number of carbonyl (C=O) groups excluding carboxylic acids is 6. The molecule has 0 aliphatic heterocycles. The van der Waals surface area contributed by atoms with Gasteiger partial charge in [-0.15, -0.1) is 0 Å². The third kappa shape index (κ3) is 41.8. The lowest BCUT2D eigenvalue weighted by Crippen LogP contribution is -2.66. The number of methoxy groups -OCH3 is 3. The van der Waals surface area contributed by atoms with Gasteiger partial charge >= 0.3 is 11.9 Å². The highest BCUT2D eigenvalue weighted by Crippen LogP contribution is 2.68. The molecule has 0 bridgehead atoms. The maximum absolute atomic E-state index is 14.7. The van der Waals surface area contributed by atoms with Crippen molar-refractivity contribution < 1.29 is 56.7 Å². The summed E-state index contributed by atoms with van der Waals surface area (Å²) in [5, 5.41) is 9.15. The summed E-state index contributed by atoms with van der Waals surface area (Å²) in [6.45, 7) is 54.6. The Labute approximate surface area is 530 Å². The Morgan fingerprint density at radius 2 is 1.05 bits per heavy atom. The van der Waals surface area contributed by atoms with Crippen LogP contribution in [0.4, 0.5) is 0 Å². The molecule has 0 aromatic carbocycles. The molecule has 0 saturated heterocycles. The Hall–Kier alpha value is -2.98. The third-order valence-electron chi connectivity index (χ3n) is 18.0. The highest BCUT2D eigenvalue weighted by atomic mass is 16.5. The fraction of sp³-hybridized carbons (Fsp3) is 0.914. The first-order chi connectivity index (χ1) is 38.1. The fourth-order valence-electron chi connectivity index (χ4n) is 11.0. The number of nitrogens with one attached hydrogen (secondary N) is 3. The van der Waals surface area contributed by atoms with E-state index in [0.29, 0.717) is 31.8 Å². The van der Waals surface area contributed by atoms with Crippen LogP contribution < -0.4 is 16.0 Å². The van der Waals surface area contributed by atoms with Gasteiger partial charge in [-0.3, -0.25) is 19.2 Å². The van der Waals surface area contributed by atoms with E-state index in [-0.39, 0.29) is 56.1 Å². The Kier molecular flexibility index (Phi) is 62.9. The molecule has 5 unspecified atom stereocenters. The lowest BCUT2D eigenvalue weighted by molar-refractivity contribution is -0.890. The molecule has 0 aliphatic carbocycles. The molecule has 0 rings (SSSR count). The maximum Gasteiger partial charge on any atom is 0.312 e. The molecule has 5 atom stereocenters. The average Bonchev–Trinajstić information content (AvgIpc) is 3.39. The van der Waals surface area contributed by atoms with Crippen LogP contribution in [0, 0.1) is 55.7 Å². The molecular weight excluding hydrogens is 1070 g/mol. The minimum absolute atomic E-state index is 0. The second-order valence-corrected chi connectivity index (χ2v) is 28.3. The fourth-order valence-corrected chi connectivity index (χ4v) is 11.0. The maximum atomic E-state index is 14.7. The zero-order valence-electron chi connectivity index (χ0n) is 60.9. The van der Waals surface area contributed by atoms with E-state index < -0.39 is 27.1 Å². The lowest BCUT2D eigenvalue weighted by Gasteiger charge is -2.64. The largest absolute Gasteiger partial charge is 0.469 e. The molecule has 0 saturated carbocycles. The highest BCUT2D eigenvalue weighted by molar-refractivity contribution is 5.84. The van der Waals surface area contributed by atoms with Gasteiger partial charge in [0.05, 0.1) is 78.7 Å². The van der Waals surface area contributed by atoms with Gasteiger partial charge in [0.15, 0.2) is 0 Å². The molecule has 0 spiro atoms. The molecule has 15 heteroatoms. The summed E-state index contributed by atoms with van der Waals surface area (Å²) in [7, 11) is 18.6. The summed E-state index contributed by atoms with van der Waals surface area (Å²) in [5.41, 5.74) is -3.72. The number of hydrogen-bond acceptors (Lipinski definition) is 11. The number of rotatable bonds is 35. The predicted octanol–water partition coefficient (Wildman–Crippen LogP) is 15.0. The van der Waals surface area contributed by atoms with Gasteiger partial charge in [-0.25, -0.2) is 0 Å². The van der Waals surface area contributed by atoms with Crippen LogP contribution in [-0.4, -0.2) is 170 Å². The zero-order chi connectivity index (χ0) is 67.2. The summed E-state index contributed by atoms with van der Waals surface area (Å²) in [6, 6.07) is 0. The number of esters is 2. The van der Waals surface area contributed by atoms with Gasteiger partial charge in [0.25, 0.3) is 0 Å². The molecule has 3 N–H and O–H groups in total. The topological polar surface area (TPSA) is 175 Å². The van der Waals surface area contributed by atoms with E-state index in [4.69, 9.17) is 14.3 Å². The first-order valence-electron chi connectivity index (χ1n) is 31.6. The SMILES string of the molecule is C.C.C=O.CC.CCCC(C)CCCCC=O.CCCC[N+](C)(C)CCCNC=O.CNCCOC(=O)C(C)(C(C)(C)C(C)C(C)C(C)(C)C)C(C)(C)C(C)(C)C(C)(CC(C)(C)C)C(=O)NCCC[N+](C)(C)CCCC(=O)OC.COC.COC. The van der Waals surface area contributed by atoms with E-state index in [0.717, 1.165) is 85.9 Å². The standard InChI is InChI=1S/C41H81N3O5.C10H22N2O.C10H20O.2C2H6O.C2H6.CH2O.2CH4/c1-30(36(6,7)8)31(2)37(9,10)41(16,34(47)49-28-25-42-17)39(13,14)38(11,12)40(15,29-35(3,4)5)33(46)43-24-22-27-44(18,19)26-21-23-32(45)48-20;1-4-5-8-12(2,3)9-6-7-11-10-13;1-3-7-10(2)8-5-4-6-9-11;2*1-3-2;2*1-2;;/h30-31,42H,21-29H2,1-20H3;10H,4-9H2,1-3H3;9-10H,3-8H2,1-2H3;2*1-2H3;1-2H3;1H2;2*1H4/p+2. The number of ether oxygens (including phenoxy) is 4. The number of aldehydes is 1. The second kappa shape index (κ2) is 52.9. The van der Waals surface area contributed by atoms with Crippen molar-refractivity contribution in [1.29, 1.82) is 0 Å². The monoisotopic (exact) mass is 1220 g/mol. The van der Waals surface area contributed by atoms with E-state index in [1.165, 1.54) is 52.2 Å². The van der Waals surface area contributed by atoms with Crippen LogP contribution in [0.15, 0.2) is 0 Å². The van der Waals surface area contributed by atoms with Crippen molar-refractivity contribution in [3.8, 4) is 0 Å². The minimum atomic E-state index is -0.957. The van der Waals surface area contributed by atoms with E-state index >= 15 is 0 Å². The van der Waals surface area contributed by atoms with Crippen molar-refractivity contribution in [2.24, 2.45) is 55.7 Å². The van der Waals surface area contributed by atoms with Gasteiger partial charge in [-0.05, 0) is 78.1 Å². The van der Waals surface area contributed by atoms with Crippen molar-refractivity contribution in [1.82, 2.24) is 16.0 Å². The second-order valence-electron chi connectivity index (χ2n) is 28.3. The number of amides is 2. The molecule has 0 aromatic heterocycles. The third-order valence-corrected chi connectivity index (χ3v) is 18.0. The van der Waals surface area contributed by atoms with E-state index in [9.17, 15) is 24.0 Å². The van der Waals surface area contributed by atoms with Crippen LogP contribution in [0.1, 0.15) is 244 Å². The van der Waals surface area contributed by atoms with Crippen LogP contribution in [0.5, 0.6) is 0 Å². The van der Waals surface area contributed by atoms with E-state index in [2.05, 4.69) is 185 Å². The van der Waals surface area contributed by atoms with Gasteiger partial charge in [0.1, 0.15) is 19.7 Å². The highest BCUT2D eigenvalue weighted by Gasteiger charge is 2.68. The molecule has 2 amide bonds. The van der Waals surface area contributed by atoms with E-state index in [1.807, 2.05) is 27.7 Å². The Morgan fingerprint density at radius 3 is 1.44 bits per heavy atom. The van der Waals surface area contributed by atoms with Gasteiger partial charge < -0.3 is 53.5 Å². The number of nitrogens with zero attached hydrogens (tertiary/aromatic N) is 2. The summed E-state index contributed by atoms with van der Waals surface area (Å²) in [5.74, 6) is 0.978. The lowest BCUT2D eigenvalue weighted by atomic mass is 9.38. The van der Waals surface area contributed by atoms with Crippen molar-refractivity contribution in [3.63, 3.8) is 0 Å². The quantitative estimate of drug-likeness (QED) is 0.0238. The van der Waals surface area contributed by atoms with Gasteiger partial charge in [-0.2, -0.15) is 0 Å². The first-order valence-corrected chi connectivity index (χ1v) is 31.6. The number of hydrogen-bond donors (Lipinski definition) is 3. The summed E-state index contributed by atoms with van der Waals surface area (Å²) in [6.07, 6.45) is 15.0.